The zero-order valence-electron chi connectivity index (χ0n) is 12.1. The molecule has 19 heavy (non-hydrogen) atoms. The Morgan fingerprint density at radius 1 is 1.11 bits per heavy atom. The summed E-state index contributed by atoms with van der Waals surface area (Å²) in [6.45, 7) is 8.68. The van der Waals surface area contributed by atoms with Gasteiger partial charge in [0.05, 0.1) is 12.6 Å². The second-order valence-corrected chi connectivity index (χ2v) is 4.85. The SMILES string of the molecule is CCNC(COCC(F)F)c1c(C)cc(C)cc1C. The van der Waals surface area contributed by atoms with Crippen LogP contribution in [0.25, 0.3) is 0 Å². The first-order chi connectivity index (χ1) is 8.95. The van der Waals surface area contributed by atoms with Crippen molar-refractivity contribution in [2.24, 2.45) is 0 Å². The molecule has 0 aliphatic rings. The molecular weight excluding hydrogens is 248 g/mol. The molecule has 0 bridgehead atoms. The number of rotatable bonds is 7. The molecule has 1 unspecified atom stereocenters. The molecule has 0 aliphatic carbocycles. The van der Waals surface area contributed by atoms with Gasteiger partial charge in [-0.25, -0.2) is 8.78 Å². The number of aryl methyl sites for hydroxylation is 3. The molecule has 0 fully saturated rings. The van der Waals surface area contributed by atoms with Crippen molar-refractivity contribution in [3.8, 4) is 0 Å². The number of ether oxygens (including phenoxy) is 1. The van der Waals surface area contributed by atoms with E-state index in [-0.39, 0.29) is 12.6 Å². The maximum atomic E-state index is 12.1. The Kier molecular flexibility index (Phi) is 6.38. The van der Waals surface area contributed by atoms with Gasteiger partial charge in [-0.15, -0.1) is 0 Å². The molecular formula is C15H23F2NO. The minimum atomic E-state index is -2.41. The van der Waals surface area contributed by atoms with E-state index in [1.165, 1.54) is 16.7 Å². The highest BCUT2D eigenvalue weighted by atomic mass is 19.3. The molecule has 0 amide bonds. The molecule has 1 aromatic rings. The molecule has 1 rings (SSSR count). The Morgan fingerprint density at radius 3 is 2.16 bits per heavy atom. The Bertz CT molecular complexity index is 384. The van der Waals surface area contributed by atoms with Gasteiger partial charge in [-0.1, -0.05) is 24.6 Å². The zero-order valence-corrected chi connectivity index (χ0v) is 12.1. The van der Waals surface area contributed by atoms with Crippen molar-refractivity contribution in [3.63, 3.8) is 0 Å². The van der Waals surface area contributed by atoms with Crippen molar-refractivity contribution in [2.75, 3.05) is 19.8 Å². The molecule has 1 N–H and O–H groups in total. The van der Waals surface area contributed by atoms with Gasteiger partial charge in [0.2, 0.25) is 0 Å². The van der Waals surface area contributed by atoms with Crippen LogP contribution in [-0.4, -0.2) is 26.2 Å². The third-order valence-electron chi connectivity index (χ3n) is 3.07. The third kappa shape index (κ3) is 4.88. The lowest BCUT2D eigenvalue weighted by molar-refractivity contribution is 0.00924. The summed E-state index contributed by atoms with van der Waals surface area (Å²) in [5, 5.41) is 3.30. The van der Waals surface area contributed by atoms with Crippen molar-refractivity contribution in [2.45, 2.75) is 40.2 Å². The molecule has 0 aromatic heterocycles. The van der Waals surface area contributed by atoms with Crippen molar-refractivity contribution < 1.29 is 13.5 Å². The summed E-state index contributed by atoms with van der Waals surface area (Å²) >= 11 is 0. The predicted molar refractivity (Wildman–Crippen MR) is 73.9 cm³/mol. The van der Waals surface area contributed by atoms with E-state index in [2.05, 4.69) is 24.4 Å². The van der Waals surface area contributed by atoms with E-state index in [9.17, 15) is 8.78 Å². The second kappa shape index (κ2) is 7.56. The summed E-state index contributed by atoms with van der Waals surface area (Å²) < 4.78 is 29.4. The van der Waals surface area contributed by atoms with Crippen LogP contribution >= 0.6 is 0 Å². The quantitative estimate of drug-likeness (QED) is 0.819. The highest BCUT2D eigenvalue weighted by Crippen LogP contribution is 2.24. The molecule has 0 saturated heterocycles. The number of hydrogen-bond donors (Lipinski definition) is 1. The highest BCUT2D eigenvalue weighted by Gasteiger charge is 2.16. The molecule has 0 radical (unpaired) electrons. The number of likely N-dealkylation sites (N-methyl/N-ethyl adjacent to an activating group) is 1. The minimum absolute atomic E-state index is 0.0376. The maximum Gasteiger partial charge on any atom is 0.261 e. The number of alkyl halides is 2. The van der Waals surface area contributed by atoms with E-state index in [1.807, 2.05) is 20.8 Å². The van der Waals surface area contributed by atoms with Crippen LogP contribution in [0.5, 0.6) is 0 Å². The van der Waals surface area contributed by atoms with Crippen molar-refractivity contribution in [1.82, 2.24) is 5.32 Å². The van der Waals surface area contributed by atoms with Gasteiger partial charge in [-0.2, -0.15) is 0 Å². The van der Waals surface area contributed by atoms with Gasteiger partial charge in [0.1, 0.15) is 6.61 Å². The van der Waals surface area contributed by atoms with Gasteiger partial charge in [-0.3, -0.25) is 0 Å². The summed E-state index contributed by atoms with van der Waals surface area (Å²) in [4.78, 5) is 0. The molecule has 4 heteroatoms. The van der Waals surface area contributed by atoms with E-state index in [4.69, 9.17) is 4.74 Å². The van der Waals surface area contributed by atoms with Gasteiger partial charge in [-0.05, 0) is 44.0 Å². The second-order valence-electron chi connectivity index (χ2n) is 4.85. The van der Waals surface area contributed by atoms with Crippen molar-refractivity contribution in [3.05, 3.63) is 34.4 Å². The van der Waals surface area contributed by atoms with Crippen LogP contribution in [0.2, 0.25) is 0 Å². The van der Waals surface area contributed by atoms with Gasteiger partial charge >= 0.3 is 0 Å². The Labute approximate surface area is 114 Å². The Morgan fingerprint density at radius 2 is 1.68 bits per heavy atom. The summed E-state index contributed by atoms with van der Waals surface area (Å²) in [5.41, 5.74) is 4.71. The molecule has 0 saturated carbocycles. The van der Waals surface area contributed by atoms with Crippen molar-refractivity contribution in [1.29, 1.82) is 0 Å². The lowest BCUT2D eigenvalue weighted by atomic mass is 9.94. The molecule has 108 valence electrons. The van der Waals surface area contributed by atoms with Crippen LogP contribution in [0, 0.1) is 20.8 Å². The molecule has 0 spiro atoms. The largest absolute Gasteiger partial charge is 0.374 e. The summed E-state index contributed by atoms with van der Waals surface area (Å²) in [7, 11) is 0. The molecule has 0 aliphatic heterocycles. The summed E-state index contributed by atoms with van der Waals surface area (Å²) in [6, 6.07) is 4.18. The average molecular weight is 271 g/mol. The van der Waals surface area contributed by atoms with E-state index in [0.717, 1.165) is 12.1 Å². The molecule has 2 nitrogen and oxygen atoms in total. The fourth-order valence-corrected chi connectivity index (χ4v) is 2.51. The van der Waals surface area contributed by atoms with Crippen LogP contribution in [0.4, 0.5) is 8.78 Å². The Balaban J connectivity index is 2.86. The van der Waals surface area contributed by atoms with E-state index in [0.29, 0.717) is 0 Å². The third-order valence-corrected chi connectivity index (χ3v) is 3.07. The minimum Gasteiger partial charge on any atom is -0.374 e. The van der Waals surface area contributed by atoms with Gasteiger partial charge in [0.25, 0.3) is 6.43 Å². The number of halogens is 2. The van der Waals surface area contributed by atoms with E-state index < -0.39 is 13.0 Å². The first kappa shape index (κ1) is 16.1. The molecule has 1 aromatic carbocycles. The summed E-state index contributed by atoms with van der Waals surface area (Å²) in [6.07, 6.45) is -2.41. The molecule has 1 atom stereocenters. The van der Waals surface area contributed by atoms with Crippen LogP contribution in [-0.2, 0) is 4.74 Å². The van der Waals surface area contributed by atoms with Gasteiger partial charge < -0.3 is 10.1 Å². The van der Waals surface area contributed by atoms with E-state index in [1.54, 1.807) is 0 Å². The first-order valence-corrected chi connectivity index (χ1v) is 6.62. The molecule has 0 heterocycles. The van der Waals surface area contributed by atoms with E-state index >= 15 is 0 Å². The van der Waals surface area contributed by atoms with Gasteiger partial charge in [0.15, 0.2) is 0 Å². The summed E-state index contributed by atoms with van der Waals surface area (Å²) in [5.74, 6) is 0. The standard InChI is InChI=1S/C15H23F2NO/c1-5-18-13(8-19-9-14(16)17)15-11(3)6-10(2)7-12(15)4/h6-7,13-14,18H,5,8-9H2,1-4H3. The van der Waals surface area contributed by atoms with Gasteiger partial charge in [0, 0.05) is 0 Å². The fraction of sp³-hybridized carbons (Fsp3) is 0.600. The monoisotopic (exact) mass is 271 g/mol. The van der Waals surface area contributed by atoms with Crippen LogP contribution in [0.3, 0.4) is 0 Å². The normalized spacial score (nSPS) is 13.0. The topological polar surface area (TPSA) is 21.3 Å². The highest BCUT2D eigenvalue weighted by molar-refractivity contribution is 5.39. The predicted octanol–water partition coefficient (Wildman–Crippen LogP) is 3.54. The smallest absolute Gasteiger partial charge is 0.261 e. The lowest BCUT2D eigenvalue weighted by Crippen LogP contribution is -2.27. The first-order valence-electron chi connectivity index (χ1n) is 6.62. The maximum absolute atomic E-state index is 12.1. The fourth-order valence-electron chi connectivity index (χ4n) is 2.51. The van der Waals surface area contributed by atoms with Crippen LogP contribution in [0.15, 0.2) is 12.1 Å². The Hall–Kier alpha value is -1.00. The lowest BCUT2D eigenvalue weighted by Gasteiger charge is -2.23. The average Bonchev–Trinajstić information content (AvgIpc) is 2.26. The number of nitrogens with one attached hydrogen (secondary N) is 1. The van der Waals surface area contributed by atoms with Crippen LogP contribution < -0.4 is 5.32 Å². The number of benzene rings is 1. The van der Waals surface area contributed by atoms with Crippen molar-refractivity contribution >= 4 is 0 Å². The van der Waals surface area contributed by atoms with Crippen LogP contribution in [0.1, 0.15) is 35.2 Å². The number of hydrogen-bond acceptors (Lipinski definition) is 2. The zero-order chi connectivity index (χ0) is 14.4.